The van der Waals surface area contributed by atoms with Gasteiger partial charge in [-0.2, -0.15) is 5.10 Å². The van der Waals surface area contributed by atoms with Crippen molar-refractivity contribution in [2.24, 2.45) is 0 Å². The number of benzene rings is 2. The van der Waals surface area contributed by atoms with Gasteiger partial charge in [0.15, 0.2) is 0 Å². The van der Waals surface area contributed by atoms with Gasteiger partial charge in [-0.15, -0.1) is 0 Å². The third-order valence-corrected chi connectivity index (χ3v) is 5.75. The predicted octanol–water partition coefficient (Wildman–Crippen LogP) is 4.45. The molecular formula is C23H24FN5O3. The summed E-state index contributed by atoms with van der Waals surface area (Å²) in [5.41, 5.74) is 2.97. The van der Waals surface area contributed by atoms with Gasteiger partial charge in [-0.1, -0.05) is 18.2 Å². The number of halogens is 1. The van der Waals surface area contributed by atoms with Crippen LogP contribution in [-0.2, 0) is 6.54 Å². The van der Waals surface area contributed by atoms with E-state index in [0.717, 1.165) is 31.5 Å². The van der Waals surface area contributed by atoms with Gasteiger partial charge in [-0.25, -0.2) is 4.39 Å². The number of aromatic nitrogens is 2. The van der Waals surface area contributed by atoms with E-state index in [1.165, 1.54) is 6.07 Å². The molecule has 4 rings (SSSR count). The molecule has 3 aromatic rings. The monoisotopic (exact) mass is 437 g/mol. The molecule has 0 unspecified atom stereocenters. The van der Waals surface area contributed by atoms with Gasteiger partial charge in [0.1, 0.15) is 22.9 Å². The topological polar surface area (TPSA) is 93.3 Å². The van der Waals surface area contributed by atoms with Gasteiger partial charge < -0.3 is 10.2 Å². The van der Waals surface area contributed by atoms with Crippen molar-refractivity contribution in [1.82, 2.24) is 9.78 Å². The van der Waals surface area contributed by atoms with Crippen LogP contribution in [0.3, 0.4) is 0 Å². The maximum absolute atomic E-state index is 14.5. The fraction of sp³-hybridized carbons (Fsp3) is 0.304. The molecule has 1 fully saturated rings. The van der Waals surface area contributed by atoms with Crippen molar-refractivity contribution in [3.05, 3.63) is 80.9 Å². The van der Waals surface area contributed by atoms with Crippen LogP contribution >= 0.6 is 0 Å². The highest BCUT2D eigenvalue weighted by molar-refractivity contribution is 6.06. The molecule has 9 heteroatoms. The van der Waals surface area contributed by atoms with E-state index in [9.17, 15) is 19.3 Å². The summed E-state index contributed by atoms with van der Waals surface area (Å²) in [5.74, 6) is -0.866. The van der Waals surface area contributed by atoms with Crippen molar-refractivity contribution in [2.45, 2.75) is 33.2 Å². The van der Waals surface area contributed by atoms with E-state index in [0.29, 0.717) is 29.2 Å². The molecule has 2 heterocycles. The Balaban J connectivity index is 1.50. The number of hydrogen-bond donors (Lipinski definition) is 1. The Morgan fingerprint density at radius 1 is 1.16 bits per heavy atom. The molecule has 0 aliphatic carbocycles. The maximum Gasteiger partial charge on any atom is 0.312 e. The standard InChI is InChI=1S/C23H24FN5O3/c1-15-22(29(31)32)16(2)28(26-15)14-17-8-10-18(11-9-17)23(30)25-21-19(24)6-5-7-20(21)27-12-3-4-13-27/h5-11H,3-4,12-14H2,1-2H3,(H,25,30). The molecule has 1 aromatic heterocycles. The number of carbonyl (C=O) groups is 1. The van der Waals surface area contributed by atoms with E-state index in [2.05, 4.69) is 15.3 Å². The number of para-hydroxylation sites is 1. The molecule has 1 aliphatic heterocycles. The number of nitrogens with zero attached hydrogens (tertiary/aromatic N) is 4. The van der Waals surface area contributed by atoms with Crippen LogP contribution in [0.5, 0.6) is 0 Å². The zero-order valence-electron chi connectivity index (χ0n) is 18.0. The third-order valence-electron chi connectivity index (χ3n) is 5.75. The molecule has 1 aliphatic rings. The molecule has 166 valence electrons. The summed E-state index contributed by atoms with van der Waals surface area (Å²) in [6.07, 6.45) is 2.09. The molecule has 1 saturated heterocycles. The van der Waals surface area contributed by atoms with Crippen LogP contribution in [0, 0.1) is 29.8 Å². The van der Waals surface area contributed by atoms with Gasteiger partial charge in [-0.3, -0.25) is 19.6 Å². The number of nitro groups is 1. The molecule has 32 heavy (non-hydrogen) atoms. The molecule has 0 radical (unpaired) electrons. The average Bonchev–Trinajstić information content (AvgIpc) is 3.38. The summed E-state index contributed by atoms with van der Waals surface area (Å²) in [7, 11) is 0. The van der Waals surface area contributed by atoms with E-state index in [-0.39, 0.29) is 11.4 Å². The van der Waals surface area contributed by atoms with Crippen LogP contribution in [0.4, 0.5) is 21.5 Å². The lowest BCUT2D eigenvalue weighted by Gasteiger charge is -2.22. The summed E-state index contributed by atoms with van der Waals surface area (Å²) in [5, 5.41) is 18.2. The van der Waals surface area contributed by atoms with Crippen LogP contribution < -0.4 is 10.2 Å². The second-order valence-corrected chi connectivity index (χ2v) is 7.91. The molecule has 1 N–H and O–H groups in total. The molecule has 0 bridgehead atoms. The van der Waals surface area contributed by atoms with E-state index in [1.54, 1.807) is 48.9 Å². The van der Waals surface area contributed by atoms with Gasteiger partial charge in [0.2, 0.25) is 0 Å². The Morgan fingerprint density at radius 2 is 1.84 bits per heavy atom. The lowest BCUT2D eigenvalue weighted by atomic mass is 10.1. The number of hydrogen-bond acceptors (Lipinski definition) is 5. The smallest absolute Gasteiger partial charge is 0.312 e. The first kappa shape index (κ1) is 21.5. The highest BCUT2D eigenvalue weighted by atomic mass is 19.1. The fourth-order valence-electron chi connectivity index (χ4n) is 4.08. The van der Waals surface area contributed by atoms with Crippen LogP contribution in [-0.4, -0.2) is 33.7 Å². The van der Waals surface area contributed by atoms with E-state index in [4.69, 9.17) is 0 Å². The fourth-order valence-corrected chi connectivity index (χ4v) is 4.08. The molecule has 1 amide bonds. The molecule has 2 aromatic carbocycles. The zero-order chi connectivity index (χ0) is 22.8. The molecule has 0 spiro atoms. The zero-order valence-corrected chi connectivity index (χ0v) is 18.0. The Labute approximate surface area is 184 Å². The van der Waals surface area contributed by atoms with E-state index in [1.807, 2.05) is 6.07 Å². The number of amides is 1. The minimum absolute atomic E-state index is 0.0136. The van der Waals surface area contributed by atoms with Crippen LogP contribution in [0.2, 0.25) is 0 Å². The summed E-state index contributed by atoms with van der Waals surface area (Å²) in [6.45, 7) is 5.28. The van der Waals surface area contributed by atoms with E-state index >= 15 is 0 Å². The minimum atomic E-state index is -0.467. The lowest BCUT2D eigenvalue weighted by Crippen LogP contribution is -2.22. The maximum atomic E-state index is 14.5. The van der Waals surface area contributed by atoms with Gasteiger partial charge in [0, 0.05) is 18.7 Å². The van der Waals surface area contributed by atoms with E-state index < -0.39 is 16.6 Å². The second-order valence-electron chi connectivity index (χ2n) is 7.91. The first-order valence-corrected chi connectivity index (χ1v) is 10.5. The lowest BCUT2D eigenvalue weighted by molar-refractivity contribution is -0.386. The Kier molecular flexibility index (Phi) is 5.89. The van der Waals surface area contributed by atoms with Crippen molar-refractivity contribution in [3.8, 4) is 0 Å². The normalized spacial score (nSPS) is 13.4. The van der Waals surface area contributed by atoms with Crippen molar-refractivity contribution >= 4 is 23.0 Å². The highest BCUT2D eigenvalue weighted by Crippen LogP contribution is 2.31. The number of aryl methyl sites for hydroxylation is 1. The quantitative estimate of drug-likeness (QED) is 0.454. The van der Waals surface area contributed by atoms with Gasteiger partial charge in [0.05, 0.1) is 17.2 Å². The number of carbonyl (C=O) groups excluding carboxylic acids is 1. The summed E-state index contributed by atoms with van der Waals surface area (Å²) in [4.78, 5) is 25.6. The largest absolute Gasteiger partial charge is 0.370 e. The Bertz CT molecular complexity index is 1170. The summed E-state index contributed by atoms with van der Waals surface area (Å²) >= 11 is 0. The first-order valence-electron chi connectivity index (χ1n) is 10.5. The predicted molar refractivity (Wildman–Crippen MR) is 120 cm³/mol. The minimum Gasteiger partial charge on any atom is -0.370 e. The van der Waals surface area contributed by atoms with Crippen molar-refractivity contribution in [2.75, 3.05) is 23.3 Å². The highest BCUT2D eigenvalue weighted by Gasteiger charge is 2.22. The molecular weight excluding hydrogens is 413 g/mol. The number of nitrogens with one attached hydrogen (secondary N) is 1. The van der Waals surface area contributed by atoms with Crippen LogP contribution in [0.25, 0.3) is 0 Å². The summed E-state index contributed by atoms with van der Waals surface area (Å²) in [6, 6.07) is 11.6. The SMILES string of the molecule is Cc1nn(Cc2ccc(C(=O)Nc3c(F)cccc3N3CCCC3)cc2)c(C)c1[N+](=O)[O-]. The molecule has 0 atom stereocenters. The van der Waals surface area contributed by atoms with Gasteiger partial charge in [-0.05, 0) is 56.5 Å². The van der Waals surface area contributed by atoms with Crippen LogP contribution in [0.15, 0.2) is 42.5 Å². The summed E-state index contributed by atoms with van der Waals surface area (Å²) < 4.78 is 16.1. The molecule has 8 nitrogen and oxygen atoms in total. The molecule has 0 saturated carbocycles. The van der Waals surface area contributed by atoms with Gasteiger partial charge >= 0.3 is 5.69 Å². The average molecular weight is 437 g/mol. The van der Waals surface area contributed by atoms with Crippen molar-refractivity contribution in [1.29, 1.82) is 0 Å². The van der Waals surface area contributed by atoms with Crippen molar-refractivity contribution in [3.63, 3.8) is 0 Å². The van der Waals surface area contributed by atoms with Crippen LogP contribution in [0.1, 0.15) is 40.2 Å². The van der Waals surface area contributed by atoms with Gasteiger partial charge in [0.25, 0.3) is 5.91 Å². The number of rotatable bonds is 6. The number of anilines is 2. The second kappa shape index (κ2) is 8.78. The Hall–Kier alpha value is -3.75. The third kappa shape index (κ3) is 4.18. The van der Waals surface area contributed by atoms with Crippen molar-refractivity contribution < 1.29 is 14.1 Å². The Morgan fingerprint density at radius 3 is 2.47 bits per heavy atom. The first-order chi connectivity index (χ1) is 15.3.